The average Bonchev–Trinajstić information content (AvgIpc) is 3.14. The maximum Gasteiger partial charge on any atom is 0.512 e. The van der Waals surface area contributed by atoms with Gasteiger partial charge in [0, 0.05) is 43.2 Å². The van der Waals surface area contributed by atoms with Crippen LogP contribution in [0.2, 0.25) is 0 Å². The zero-order chi connectivity index (χ0) is 31.0. The van der Waals surface area contributed by atoms with Gasteiger partial charge in [0.25, 0.3) is 0 Å². The summed E-state index contributed by atoms with van der Waals surface area (Å²) in [5.41, 5.74) is -14.0. The summed E-state index contributed by atoms with van der Waals surface area (Å²) in [7, 11) is -14.3. The third kappa shape index (κ3) is 5.64. The van der Waals surface area contributed by atoms with Crippen molar-refractivity contribution in [1.29, 1.82) is 0 Å². The van der Waals surface area contributed by atoms with Gasteiger partial charge in [-0.05, 0) is 16.6 Å². The van der Waals surface area contributed by atoms with Crippen molar-refractivity contribution in [1.82, 2.24) is 8.83 Å². The maximum absolute atomic E-state index is 14.2. The van der Waals surface area contributed by atoms with Crippen LogP contribution in [0.3, 0.4) is 0 Å². The highest BCUT2D eigenvalue weighted by Gasteiger charge is 2.73. The van der Waals surface area contributed by atoms with E-state index in [9.17, 15) is 43.2 Å². The molecule has 228 valence electrons. The highest BCUT2D eigenvalue weighted by molar-refractivity contribution is 8.04. The number of benzene rings is 2. The second-order valence-corrected chi connectivity index (χ2v) is 13.4. The van der Waals surface area contributed by atoms with Crippen LogP contribution in [0.15, 0.2) is 72.1 Å². The van der Waals surface area contributed by atoms with E-state index in [0.29, 0.717) is 22.8 Å². The number of rotatable bonds is 10. The molecule has 3 rings (SSSR count). The maximum atomic E-state index is 14.2. The monoisotopic (exact) mass is 630 g/mol. The summed E-state index contributed by atoms with van der Waals surface area (Å²) in [6.45, 7) is 6.06. The normalized spacial score (nSPS) is 19.8. The van der Waals surface area contributed by atoms with Crippen molar-refractivity contribution in [3.05, 3.63) is 72.1 Å². The molecule has 0 amide bonds. The molecule has 0 bridgehead atoms. The zero-order valence-electron chi connectivity index (χ0n) is 22.7. The molecule has 0 spiro atoms. The number of hydrogen-bond acceptors (Lipinski definition) is 5. The average molecular weight is 631 g/mol. The number of quaternary nitrogens is 2. The molecule has 0 aromatic heterocycles. The minimum Gasteiger partial charge on any atom is -0.202 e. The molecule has 16 heteroatoms. The van der Waals surface area contributed by atoms with Gasteiger partial charge in [-0.25, -0.2) is 16.8 Å². The van der Waals surface area contributed by atoms with Gasteiger partial charge in [-0.2, -0.15) is 26.3 Å². The molecule has 1 heterocycles. The smallest absolute Gasteiger partial charge is 0.202 e. The van der Waals surface area contributed by atoms with Crippen molar-refractivity contribution in [3.8, 4) is 0 Å². The topological polar surface area (TPSA) is 83.6 Å². The Bertz CT molecular complexity index is 1360. The van der Waals surface area contributed by atoms with Crippen LogP contribution in [-0.2, 0) is 20.0 Å². The third-order valence-electron chi connectivity index (χ3n) is 6.89. The Morgan fingerprint density at radius 2 is 0.976 bits per heavy atom. The second-order valence-electron chi connectivity index (χ2n) is 9.60. The molecule has 0 saturated carbocycles. The summed E-state index contributed by atoms with van der Waals surface area (Å²) >= 11 is 0. The minimum absolute atomic E-state index is 0.101. The first kappa shape index (κ1) is 33.0. The van der Waals surface area contributed by atoms with Gasteiger partial charge in [0.2, 0.25) is 5.66 Å². The van der Waals surface area contributed by atoms with Crippen molar-refractivity contribution in [2.45, 2.75) is 70.1 Å². The number of hydrogen-bond donors (Lipinski definition) is 2. The Kier molecular flexibility index (Phi) is 9.37. The highest BCUT2D eigenvalue weighted by Crippen LogP contribution is 2.44. The summed E-state index contributed by atoms with van der Waals surface area (Å²) in [4.78, 5) is 0. The number of allylic oxidation sites excluding steroid dienone is 2. The first-order chi connectivity index (χ1) is 18.9. The molecule has 1 aliphatic rings. The predicted molar refractivity (Wildman–Crippen MR) is 139 cm³/mol. The Hall–Kier alpha value is -2.50. The summed E-state index contributed by atoms with van der Waals surface area (Å²) in [5.74, 6) is 0. The lowest BCUT2D eigenvalue weighted by Gasteiger charge is -2.46. The van der Waals surface area contributed by atoms with E-state index in [4.69, 9.17) is 0 Å². The van der Waals surface area contributed by atoms with E-state index < -0.39 is 53.3 Å². The summed E-state index contributed by atoms with van der Waals surface area (Å²) < 4.78 is 136. The van der Waals surface area contributed by atoms with Crippen molar-refractivity contribution in [2.24, 2.45) is 0 Å². The van der Waals surface area contributed by atoms with E-state index in [1.54, 1.807) is 74.5 Å². The summed E-state index contributed by atoms with van der Waals surface area (Å²) in [5, 5.41) is 1.27. The van der Waals surface area contributed by atoms with Gasteiger partial charge in [0.15, 0.2) is 22.8 Å². The van der Waals surface area contributed by atoms with Crippen LogP contribution in [0, 0.1) is 0 Å². The van der Waals surface area contributed by atoms with Crippen LogP contribution in [0.25, 0.3) is 0 Å². The quantitative estimate of drug-likeness (QED) is 0.387. The number of halogens is 6. The van der Waals surface area contributed by atoms with Gasteiger partial charge < -0.3 is 0 Å². The third-order valence-corrected chi connectivity index (χ3v) is 10.8. The molecule has 2 N–H and O–H groups in total. The molecule has 2 unspecified atom stereocenters. The number of nitrogens with zero attached hydrogens (tertiary/aromatic N) is 2. The first-order valence-corrected chi connectivity index (χ1v) is 15.5. The minimum atomic E-state index is -7.13. The molecule has 0 aliphatic carbocycles. The van der Waals surface area contributed by atoms with Gasteiger partial charge in [0.1, 0.15) is 0 Å². The molecule has 0 saturated heterocycles. The van der Waals surface area contributed by atoms with E-state index in [1.165, 1.54) is 13.8 Å². The van der Waals surface area contributed by atoms with Gasteiger partial charge in [-0.3, -0.25) is 0 Å². The molecule has 41 heavy (non-hydrogen) atoms. The molecule has 2 aromatic rings. The van der Waals surface area contributed by atoms with Crippen LogP contribution < -0.4 is 10.0 Å². The Morgan fingerprint density at radius 3 is 1.24 bits per heavy atom. The molecule has 2 aromatic carbocycles. The fourth-order valence-electron chi connectivity index (χ4n) is 5.28. The number of nitrogens with one attached hydrogen (secondary N) is 2. The molecule has 1 aliphatic heterocycles. The van der Waals surface area contributed by atoms with Crippen molar-refractivity contribution >= 4 is 31.4 Å². The predicted octanol–water partition coefficient (Wildman–Crippen LogP) is 4.11. The van der Waals surface area contributed by atoms with Gasteiger partial charge >= 0.3 is 31.1 Å². The highest BCUT2D eigenvalue weighted by atomic mass is 32.3. The standard InChI is InChI=1S/C25H30F6N4O4S2/c1-5-17-23(18-6-2,35(40(36,37)24(26,27)28)41(38,39)25(29,30)31)34-32(21-13-9-7-10-14-21)19(3)20(4)33(34)22-15-11-8-12-16-22/h7-16H,5-6,17-18H2,1-4H3/p+2. The largest absolute Gasteiger partial charge is 0.512 e. The Morgan fingerprint density at radius 1 is 0.659 bits per heavy atom. The molecule has 2 atom stereocenters. The van der Waals surface area contributed by atoms with E-state index in [0.717, 1.165) is 5.12 Å². The lowest BCUT2D eigenvalue weighted by molar-refractivity contribution is -1.15. The van der Waals surface area contributed by atoms with E-state index in [-0.39, 0.29) is 22.9 Å². The lowest BCUT2D eigenvalue weighted by Crippen LogP contribution is -3.31. The van der Waals surface area contributed by atoms with Crippen molar-refractivity contribution < 1.29 is 53.2 Å². The van der Waals surface area contributed by atoms with Crippen LogP contribution in [-0.4, -0.2) is 42.3 Å². The Balaban J connectivity index is 2.59. The van der Waals surface area contributed by atoms with Gasteiger partial charge in [0.05, 0.1) is 0 Å². The fraction of sp³-hybridized carbons (Fsp3) is 0.440. The number of sulfonamides is 2. The van der Waals surface area contributed by atoms with Crippen LogP contribution in [0.5, 0.6) is 0 Å². The van der Waals surface area contributed by atoms with Crippen LogP contribution in [0.4, 0.5) is 37.7 Å². The molecule has 0 radical (unpaired) electrons. The van der Waals surface area contributed by atoms with Crippen molar-refractivity contribution in [3.63, 3.8) is 0 Å². The summed E-state index contributed by atoms with van der Waals surface area (Å²) in [6, 6.07) is 16.0. The fourth-order valence-corrected chi connectivity index (χ4v) is 8.62. The van der Waals surface area contributed by atoms with Crippen LogP contribution in [0.1, 0.15) is 53.4 Å². The van der Waals surface area contributed by atoms with Gasteiger partial charge in [-0.1, -0.05) is 63.1 Å². The van der Waals surface area contributed by atoms with E-state index in [2.05, 4.69) is 0 Å². The SMILES string of the molecule is CCCC(CCC)(N1[NH+](c2ccccc2)C(C)=C(C)[NH+]1c1ccccc1)N(S(=O)(=O)C(F)(F)F)S(=O)(=O)C(F)(F)F. The van der Waals surface area contributed by atoms with Crippen LogP contribution >= 0.6 is 0 Å². The van der Waals surface area contributed by atoms with E-state index in [1.807, 2.05) is 0 Å². The van der Waals surface area contributed by atoms with Gasteiger partial charge in [-0.15, -0.1) is 10.0 Å². The number of para-hydroxylation sites is 2. The molecular formula is C25H32F6N4O4S2+2. The van der Waals surface area contributed by atoms with E-state index >= 15 is 0 Å². The molecule has 0 fully saturated rings. The van der Waals surface area contributed by atoms with Crippen molar-refractivity contribution in [2.75, 3.05) is 0 Å². The molecule has 8 nitrogen and oxygen atoms in total. The molecular weight excluding hydrogens is 598 g/mol. The number of alkyl halides is 6. The second kappa shape index (κ2) is 11.6. The lowest BCUT2D eigenvalue weighted by atomic mass is 9.99. The first-order valence-electron chi connectivity index (χ1n) is 12.7. The zero-order valence-corrected chi connectivity index (χ0v) is 24.3. The summed E-state index contributed by atoms with van der Waals surface area (Å²) in [6.07, 6.45) is -1.68. The Labute approximate surface area is 235 Å².